The molecule has 0 aromatic heterocycles. The van der Waals surface area contributed by atoms with Gasteiger partial charge in [0.1, 0.15) is 16.6 Å². The molecule has 0 atom stereocenters. The molecule has 2 heterocycles. The van der Waals surface area contributed by atoms with E-state index in [1.54, 1.807) is 18.2 Å². The minimum absolute atomic E-state index is 0.0730. The second kappa shape index (κ2) is 10.4. The van der Waals surface area contributed by atoms with E-state index in [1.807, 2.05) is 17.9 Å². The average Bonchev–Trinajstić information content (AvgIpc) is 3.21. The first-order valence-electron chi connectivity index (χ1n) is 9.80. The maximum Gasteiger partial charge on any atom is 0.323 e. The number of benzene rings is 1. The molecule has 0 aliphatic carbocycles. The van der Waals surface area contributed by atoms with E-state index in [0.29, 0.717) is 17.9 Å². The molecule has 3 rings (SSSR count). The predicted molar refractivity (Wildman–Crippen MR) is 128 cm³/mol. The van der Waals surface area contributed by atoms with Crippen molar-refractivity contribution in [2.45, 2.75) is 31.6 Å². The van der Waals surface area contributed by atoms with Gasteiger partial charge < -0.3 is 19.8 Å². The first-order valence-corrected chi connectivity index (χ1v) is 11.8. The number of thiocarbonyl (C=S) groups is 1. The number of carboxylic acid groups (broad SMARTS) is 2. The number of anilines is 1. The third-order valence-electron chi connectivity index (χ3n) is 4.62. The molecule has 2 aliphatic heterocycles. The van der Waals surface area contributed by atoms with Gasteiger partial charge in [0.2, 0.25) is 0 Å². The van der Waals surface area contributed by atoms with Crippen molar-refractivity contribution < 1.29 is 34.1 Å². The molecule has 1 amide bonds. The van der Waals surface area contributed by atoms with Gasteiger partial charge in [0.05, 0.1) is 15.6 Å². The number of carbonyl (C=O) groups excluding carboxylic acids is 2. The van der Waals surface area contributed by atoms with Gasteiger partial charge in [-0.15, -0.1) is 0 Å². The van der Waals surface area contributed by atoms with Crippen LogP contribution in [0.1, 0.15) is 26.7 Å². The minimum Gasteiger partial charge on any atom is -0.481 e. The van der Waals surface area contributed by atoms with Crippen LogP contribution in [0, 0.1) is 0 Å². The van der Waals surface area contributed by atoms with Crippen LogP contribution in [0.15, 0.2) is 44.7 Å². The van der Waals surface area contributed by atoms with E-state index in [4.69, 9.17) is 22.1 Å². The van der Waals surface area contributed by atoms with Gasteiger partial charge in [-0.3, -0.25) is 24.1 Å². The summed E-state index contributed by atoms with van der Waals surface area (Å²) in [4.78, 5) is 50.6. The van der Waals surface area contributed by atoms with Gasteiger partial charge in [-0.05, 0) is 37.1 Å². The third-order valence-corrected chi connectivity index (χ3v) is 7.24. The molecular weight excluding hydrogens is 488 g/mol. The molecule has 0 spiro atoms. The van der Waals surface area contributed by atoms with E-state index in [1.165, 1.54) is 18.7 Å². The maximum atomic E-state index is 12.9. The molecule has 9 nitrogen and oxygen atoms in total. The molecule has 0 saturated carbocycles. The molecular formula is C21H20N2O7S3. The zero-order valence-corrected chi connectivity index (χ0v) is 20.1. The van der Waals surface area contributed by atoms with E-state index >= 15 is 0 Å². The summed E-state index contributed by atoms with van der Waals surface area (Å²) >= 11 is 7.58. The van der Waals surface area contributed by atoms with Crippen LogP contribution in [0.2, 0.25) is 0 Å². The Hall–Kier alpha value is -2.83. The van der Waals surface area contributed by atoms with Crippen molar-refractivity contribution >= 4 is 69.6 Å². The van der Waals surface area contributed by atoms with E-state index < -0.39 is 30.4 Å². The Morgan fingerprint density at radius 1 is 1.12 bits per heavy atom. The number of carboxylic acids is 2. The van der Waals surface area contributed by atoms with Gasteiger partial charge in [0.25, 0.3) is 5.91 Å². The van der Waals surface area contributed by atoms with Crippen LogP contribution >= 0.6 is 35.7 Å². The number of fused-ring (bicyclic) bond motifs is 1. The van der Waals surface area contributed by atoms with Crippen LogP contribution in [0.4, 0.5) is 5.69 Å². The Balaban J connectivity index is 2.00. The Morgan fingerprint density at radius 2 is 1.85 bits per heavy atom. The molecule has 0 unspecified atom stereocenters. The maximum absolute atomic E-state index is 12.9. The first kappa shape index (κ1) is 24.8. The molecule has 33 heavy (non-hydrogen) atoms. The van der Waals surface area contributed by atoms with Crippen molar-refractivity contribution in [1.29, 1.82) is 0 Å². The number of hydrogen-bond acceptors (Lipinski definition) is 9. The second-order valence-electron chi connectivity index (χ2n) is 6.95. The lowest BCUT2D eigenvalue weighted by Crippen LogP contribution is -2.33. The van der Waals surface area contributed by atoms with E-state index in [2.05, 4.69) is 0 Å². The fourth-order valence-electron chi connectivity index (χ4n) is 3.25. The molecule has 1 aromatic carbocycles. The van der Waals surface area contributed by atoms with E-state index in [-0.39, 0.29) is 22.1 Å². The highest BCUT2D eigenvalue weighted by Gasteiger charge is 2.36. The van der Waals surface area contributed by atoms with Gasteiger partial charge in [-0.25, -0.2) is 0 Å². The smallest absolute Gasteiger partial charge is 0.323 e. The zero-order valence-electron chi connectivity index (χ0n) is 17.7. The number of amides is 1. The van der Waals surface area contributed by atoms with Crippen molar-refractivity contribution in [2.75, 3.05) is 18.0 Å². The van der Waals surface area contributed by atoms with Gasteiger partial charge in [0.15, 0.2) is 0 Å². The number of rotatable bonds is 8. The highest BCUT2D eigenvalue weighted by atomic mass is 32.2. The van der Waals surface area contributed by atoms with Crippen molar-refractivity contribution in [1.82, 2.24) is 4.90 Å². The number of esters is 1. The number of ether oxygens (including phenoxy) is 1. The topological polar surface area (TPSA) is 124 Å². The SMILES string of the molecule is CCN1/C(=C/C(CCC(=O)O)=C2/SC(=S)N(CC(=O)O)C2=O)Sc2ccc(OC(C)=O)cc21. The van der Waals surface area contributed by atoms with Crippen LogP contribution in [0.5, 0.6) is 5.75 Å². The van der Waals surface area contributed by atoms with Gasteiger partial charge >= 0.3 is 17.9 Å². The molecule has 0 radical (unpaired) electrons. The lowest BCUT2D eigenvalue weighted by atomic mass is 10.1. The van der Waals surface area contributed by atoms with Crippen molar-refractivity contribution in [2.24, 2.45) is 0 Å². The lowest BCUT2D eigenvalue weighted by Gasteiger charge is -2.19. The third kappa shape index (κ3) is 5.75. The van der Waals surface area contributed by atoms with E-state index in [0.717, 1.165) is 32.3 Å². The van der Waals surface area contributed by atoms with Crippen LogP contribution in [0.25, 0.3) is 0 Å². The summed E-state index contributed by atoms with van der Waals surface area (Å²) in [5, 5.41) is 19.0. The Bertz CT molecular complexity index is 1110. The first-order chi connectivity index (χ1) is 15.6. The van der Waals surface area contributed by atoms with Gasteiger partial charge in [0, 0.05) is 30.9 Å². The van der Waals surface area contributed by atoms with Gasteiger partial charge in [-0.2, -0.15) is 0 Å². The monoisotopic (exact) mass is 508 g/mol. The quantitative estimate of drug-likeness (QED) is 0.232. The van der Waals surface area contributed by atoms with Crippen molar-refractivity contribution in [3.8, 4) is 5.75 Å². The van der Waals surface area contributed by atoms with Crippen molar-refractivity contribution in [3.63, 3.8) is 0 Å². The molecule has 1 fully saturated rings. The number of nitrogens with zero attached hydrogens (tertiary/aromatic N) is 2. The molecule has 1 aromatic rings. The van der Waals surface area contributed by atoms with Gasteiger partial charge in [-0.1, -0.05) is 35.7 Å². The van der Waals surface area contributed by atoms with Crippen LogP contribution < -0.4 is 9.64 Å². The average molecular weight is 509 g/mol. The molecule has 0 bridgehead atoms. The molecule has 2 aliphatic rings. The molecule has 174 valence electrons. The fraction of sp³-hybridized carbons (Fsp3) is 0.286. The number of aliphatic carboxylic acids is 2. The lowest BCUT2D eigenvalue weighted by molar-refractivity contribution is -0.140. The summed E-state index contributed by atoms with van der Waals surface area (Å²) < 4.78 is 5.29. The summed E-state index contributed by atoms with van der Waals surface area (Å²) in [6.07, 6.45) is 1.61. The number of carbonyl (C=O) groups is 4. The summed E-state index contributed by atoms with van der Waals surface area (Å²) in [6.45, 7) is 3.27. The number of thioether (sulfide) groups is 2. The summed E-state index contributed by atoms with van der Waals surface area (Å²) in [6, 6.07) is 5.26. The predicted octanol–water partition coefficient (Wildman–Crippen LogP) is 3.45. The number of hydrogen-bond donors (Lipinski definition) is 2. The van der Waals surface area contributed by atoms with Crippen LogP contribution in [-0.2, 0) is 19.2 Å². The number of allylic oxidation sites excluding steroid dienone is 2. The standard InChI is InChI=1S/C21H20N2O7S3/c1-3-22-14-9-13(30-11(2)24)5-6-15(14)32-16(22)8-12(4-7-17(25)26)19-20(29)23(10-18(27)28)21(31)33-19/h5-6,8-9H,3-4,7,10H2,1-2H3,(H,25,26)(H,27,28)/b16-8-,19-12+. The normalized spacial score (nSPS) is 18.1. The van der Waals surface area contributed by atoms with Crippen LogP contribution in [0.3, 0.4) is 0 Å². The minimum atomic E-state index is -1.19. The highest BCUT2D eigenvalue weighted by molar-refractivity contribution is 8.26. The Kier molecular flexibility index (Phi) is 7.82. The highest BCUT2D eigenvalue weighted by Crippen LogP contribution is 2.48. The van der Waals surface area contributed by atoms with E-state index in [9.17, 15) is 24.3 Å². The van der Waals surface area contributed by atoms with Crippen LogP contribution in [-0.4, -0.2) is 56.3 Å². The molecule has 2 N–H and O–H groups in total. The molecule has 12 heteroatoms. The Morgan fingerprint density at radius 3 is 2.45 bits per heavy atom. The summed E-state index contributed by atoms with van der Waals surface area (Å²) in [7, 11) is 0. The fourth-order valence-corrected chi connectivity index (χ4v) is 5.75. The summed E-state index contributed by atoms with van der Waals surface area (Å²) in [5.41, 5.74) is 1.29. The second-order valence-corrected chi connectivity index (χ2v) is 9.66. The largest absolute Gasteiger partial charge is 0.481 e. The summed E-state index contributed by atoms with van der Waals surface area (Å²) in [5.74, 6) is -2.79. The molecule has 1 saturated heterocycles. The Labute approximate surface area is 203 Å². The van der Waals surface area contributed by atoms with Crippen molar-refractivity contribution in [3.05, 3.63) is 39.8 Å². The zero-order chi connectivity index (χ0) is 24.3.